The number of hydrogen-bond donors (Lipinski definition) is 4. The van der Waals surface area contributed by atoms with Crippen LogP contribution in [0.4, 0.5) is 0 Å². The highest BCUT2D eigenvalue weighted by atomic mass is 16.5. The normalized spacial score (nSPS) is 23.9. The highest BCUT2D eigenvalue weighted by Crippen LogP contribution is 2.22. The van der Waals surface area contributed by atoms with Crippen molar-refractivity contribution in [2.75, 3.05) is 33.2 Å². The van der Waals surface area contributed by atoms with Gasteiger partial charge in [-0.3, -0.25) is 24.0 Å². The number of carbonyl (C=O) groups excluding carboxylic acids is 5. The molecule has 12 heteroatoms. The summed E-state index contributed by atoms with van der Waals surface area (Å²) in [5.41, 5.74) is 2.09. The zero-order valence-corrected chi connectivity index (χ0v) is 25.0. The van der Waals surface area contributed by atoms with Crippen LogP contribution in [-0.2, 0) is 30.3 Å². The number of ether oxygens (including phenoxy) is 1. The molecule has 0 spiro atoms. The number of likely N-dealkylation sites (N-methyl/N-ethyl adjacent to an activating group) is 1. The molecule has 4 N–H and O–H groups in total. The minimum absolute atomic E-state index is 0.00607. The second-order valence-electron chi connectivity index (χ2n) is 11.7. The van der Waals surface area contributed by atoms with Gasteiger partial charge in [0.05, 0.1) is 19.2 Å². The zero-order valence-electron chi connectivity index (χ0n) is 25.0. The van der Waals surface area contributed by atoms with E-state index in [1.807, 2.05) is 42.5 Å². The minimum Gasteiger partial charge on any atom is -0.361 e. The Morgan fingerprint density at radius 3 is 2.48 bits per heavy atom. The third-order valence-electron chi connectivity index (χ3n) is 8.00. The summed E-state index contributed by atoms with van der Waals surface area (Å²) in [5, 5.41) is 9.14. The number of nitrogens with zero attached hydrogens (tertiary/aromatic N) is 2. The van der Waals surface area contributed by atoms with Gasteiger partial charge in [-0.2, -0.15) is 0 Å². The maximum absolute atomic E-state index is 13.8. The van der Waals surface area contributed by atoms with E-state index in [9.17, 15) is 24.0 Å². The molecule has 2 fully saturated rings. The van der Waals surface area contributed by atoms with E-state index >= 15 is 0 Å². The first-order valence-corrected chi connectivity index (χ1v) is 14.8. The first-order chi connectivity index (χ1) is 21.1. The lowest BCUT2D eigenvalue weighted by atomic mass is 10.0. The molecule has 0 saturated carbocycles. The zero-order chi connectivity index (χ0) is 31.4. The van der Waals surface area contributed by atoms with Gasteiger partial charge in [-0.15, -0.1) is 0 Å². The average Bonchev–Trinajstić information content (AvgIpc) is 3.50. The monoisotopic (exact) mass is 602 g/mol. The number of carbonyl (C=O) groups is 5. The van der Waals surface area contributed by atoms with Gasteiger partial charge in [0.15, 0.2) is 6.10 Å². The van der Waals surface area contributed by atoms with Crippen LogP contribution in [0.15, 0.2) is 60.8 Å². The summed E-state index contributed by atoms with van der Waals surface area (Å²) in [6.07, 6.45) is 0.104. The molecule has 2 aliphatic rings. The summed E-state index contributed by atoms with van der Waals surface area (Å²) in [7, 11) is 1.48. The van der Waals surface area contributed by atoms with Gasteiger partial charge >= 0.3 is 0 Å². The van der Waals surface area contributed by atoms with E-state index in [1.54, 1.807) is 37.1 Å². The molecule has 0 unspecified atom stereocenters. The number of rotatable bonds is 4. The van der Waals surface area contributed by atoms with Crippen LogP contribution in [-0.4, -0.2) is 102 Å². The SMILES string of the molecule is CC(C)[C@@H]1NC(=O)CN(C)C(=O)[C@@H](Cc2ccccc2)NC(=O)[C@H]2CN(C(=O)c3cccc4[nH]ccc34)C[C@H](CNC1=O)O2. The molecule has 0 radical (unpaired) electrons. The van der Waals surface area contributed by atoms with Crippen LogP contribution in [0.5, 0.6) is 0 Å². The van der Waals surface area contributed by atoms with Crippen LogP contribution in [0.3, 0.4) is 0 Å². The van der Waals surface area contributed by atoms with E-state index in [0.717, 1.165) is 16.5 Å². The maximum atomic E-state index is 13.8. The van der Waals surface area contributed by atoms with E-state index < -0.39 is 47.9 Å². The second-order valence-corrected chi connectivity index (χ2v) is 11.7. The van der Waals surface area contributed by atoms with Gasteiger partial charge in [0.1, 0.15) is 12.1 Å². The number of H-pyrrole nitrogens is 1. The molecule has 0 aliphatic carbocycles. The Morgan fingerprint density at radius 2 is 1.73 bits per heavy atom. The third kappa shape index (κ3) is 6.91. The van der Waals surface area contributed by atoms with Crippen molar-refractivity contribution >= 4 is 40.4 Å². The molecule has 3 aromatic rings. The summed E-state index contributed by atoms with van der Waals surface area (Å²) in [4.78, 5) is 73.2. The highest BCUT2D eigenvalue weighted by Gasteiger charge is 2.38. The third-order valence-corrected chi connectivity index (χ3v) is 8.00. The molecule has 1 aromatic heterocycles. The van der Waals surface area contributed by atoms with Crippen LogP contribution in [0.1, 0.15) is 29.8 Å². The number of nitrogens with one attached hydrogen (secondary N) is 4. The number of hydrogen-bond acceptors (Lipinski definition) is 6. The van der Waals surface area contributed by atoms with Crippen LogP contribution >= 0.6 is 0 Å². The van der Waals surface area contributed by atoms with Crippen LogP contribution < -0.4 is 16.0 Å². The Bertz CT molecular complexity index is 1540. The predicted octanol–water partition coefficient (Wildman–Crippen LogP) is 0.834. The van der Waals surface area contributed by atoms with Crippen molar-refractivity contribution in [3.05, 3.63) is 71.9 Å². The number of amides is 5. The van der Waals surface area contributed by atoms with Gasteiger partial charge in [-0.1, -0.05) is 50.2 Å². The van der Waals surface area contributed by atoms with E-state index in [-0.39, 0.29) is 44.4 Å². The van der Waals surface area contributed by atoms with Gasteiger partial charge in [-0.05, 0) is 29.7 Å². The molecule has 2 aliphatic heterocycles. The summed E-state index contributed by atoms with van der Waals surface area (Å²) < 4.78 is 6.15. The molecule has 5 amide bonds. The largest absolute Gasteiger partial charge is 0.361 e. The lowest BCUT2D eigenvalue weighted by molar-refractivity contribution is -0.148. The number of aromatic amines is 1. The molecule has 2 saturated heterocycles. The lowest BCUT2D eigenvalue weighted by Crippen LogP contribution is -2.59. The molecule has 3 heterocycles. The Hall–Kier alpha value is -4.71. The van der Waals surface area contributed by atoms with E-state index in [2.05, 4.69) is 20.9 Å². The van der Waals surface area contributed by atoms with Gasteiger partial charge in [0, 0.05) is 49.2 Å². The molecule has 4 atom stereocenters. The number of morpholine rings is 1. The Kier molecular flexibility index (Phi) is 9.29. The van der Waals surface area contributed by atoms with E-state index in [1.165, 1.54) is 11.9 Å². The van der Waals surface area contributed by atoms with Crippen molar-refractivity contribution in [1.82, 2.24) is 30.7 Å². The van der Waals surface area contributed by atoms with Gasteiger partial charge in [0.2, 0.25) is 17.7 Å². The number of benzene rings is 2. The smallest absolute Gasteiger partial charge is 0.254 e. The first kappa shape index (κ1) is 30.7. The fraction of sp³-hybridized carbons (Fsp3) is 0.406. The Labute approximate surface area is 255 Å². The van der Waals surface area contributed by atoms with E-state index in [0.29, 0.717) is 5.56 Å². The second kappa shape index (κ2) is 13.3. The lowest BCUT2D eigenvalue weighted by Gasteiger charge is -2.38. The van der Waals surface area contributed by atoms with Gasteiger partial charge in [0.25, 0.3) is 11.8 Å². The molecular formula is C32H38N6O6. The molecule has 2 aromatic carbocycles. The molecule has 5 rings (SSSR count). The van der Waals surface area contributed by atoms with Gasteiger partial charge in [-0.25, -0.2) is 0 Å². The number of aromatic nitrogens is 1. The Balaban J connectivity index is 1.47. The predicted molar refractivity (Wildman–Crippen MR) is 162 cm³/mol. The molecule has 2 bridgehead atoms. The van der Waals surface area contributed by atoms with Crippen molar-refractivity contribution in [2.45, 2.75) is 44.6 Å². The van der Waals surface area contributed by atoms with Crippen molar-refractivity contribution in [3.8, 4) is 0 Å². The fourth-order valence-electron chi connectivity index (χ4n) is 5.66. The van der Waals surface area contributed by atoms with Crippen molar-refractivity contribution in [3.63, 3.8) is 0 Å². The highest BCUT2D eigenvalue weighted by molar-refractivity contribution is 6.06. The van der Waals surface area contributed by atoms with Crippen LogP contribution in [0.25, 0.3) is 10.9 Å². The minimum atomic E-state index is -1.11. The van der Waals surface area contributed by atoms with E-state index in [4.69, 9.17) is 4.74 Å². The Morgan fingerprint density at radius 1 is 0.955 bits per heavy atom. The quantitative estimate of drug-likeness (QED) is 0.347. The maximum Gasteiger partial charge on any atom is 0.254 e. The van der Waals surface area contributed by atoms with Crippen molar-refractivity contribution in [2.24, 2.45) is 5.92 Å². The molecule has 232 valence electrons. The summed E-state index contributed by atoms with van der Waals surface area (Å²) in [5.74, 6) is -2.50. The standard InChI is InChI=1S/C32H38N6O6/c1-19(2)28-30(41)34-15-21-16-38(31(42)23-10-7-11-24-22(23)12-13-33-24)17-26(44-21)29(40)35-25(14-20-8-5-4-6-9-20)32(43)37(3)18-27(39)36-28/h4-13,19,21,25-26,28,33H,14-18H2,1-3H3,(H,34,41)(H,35,40)(H,36,39)/t21-,25+,26+,28-/m0/s1. The fourth-order valence-corrected chi connectivity index (χ4v) is 5.66. The summed E-state index contributed by atoms with van der Waals surface area (Å²) in [6.45, 7) is 3.39. The first-order valence-electron chi connectivity index (χ1n) is 14.8. The van der Waals surface area contributed by atoms with Gasteiger partial charge < -0.3 is 35.5 Å². The number of fused-ring (bicyclic) bond motifs is 3. The summed E-state index contributed by atoms with van der Waals surface area (Å²) >= 11 is 0. The topological polar surface area (TPSA) is 153 Å². The summed E-state index contributed by atoms with van der Waals surface area (Å²) in [6, 6.07) is 14.6. The molecule has 44 heavy (non-hydrogen) atoms. The average molecular weight is 603 g/mol. The van der Waals surface area contributed by atoms with Crippen molar-refractivity contribution < 1.29 is 28.7 Å². The van der Waals surface area contributed by atoms with Crippen molar-refractivity contribution in [1.29, 1.82) is 0 Å². The molecular weight excluding hydrogens is 564 g/mol. The van der Waals surface area contributed by atoms with Crippen LogP contribution in [0, 0.1) is 5.92 Å². The molecule has 12 nitrogen and oxygen atoms in total. The van der Waals surface area contributed by atoms with Crippen LogP contribution in [0.2, 0.25) is 0 Å².